The molecule has 1 atom stereocenters. The third kappa shape index (κ3) is 13.6. The number of imide groups is 1. The van der Waals surface area contributed by atoms with Gasteiger partial charge in [0.2, 0.25) is 6.08 Å². The van der Waals surface area contributed by atoms with E-state index in [1.807, 2.05) is 12.2 Å². The quantitative estimate of drug-likeness (QED) is 0.183. The molecule has 0 spiro atoms. The molecule has 0 saturated carbocycles. The van der Waals surface area contributed by atoms with E-state index < -0.39 is 37.4 Å². The summed E-state index contributed by atoms with van der Waals surface area (Å²) < 4.78 is 0. The van der Waals surface area contributed by atoms with Gasteiger partial charge < -0.3 is 32.1 Å². The average molecular weight is 349 g/mol. The standard InChI is InChI=1S/C9H16N4O3.C4H11NO3/c1-2-3-4-7(12-6-14)5-11-9(16)13-8(10)15;5-4(1-6,2-7)3-8/h7H,2-5H2,1H3,(H4,10,11,13,15,16);6-8H,1-3,5H2. The minimum absolute atomic E-state index is 0.175. The number of primary amides is 1. The number of carbonyl (C=O) groups excluding carboxylic acids is 3. The van der Waals surface area contributed by atoms with E-state index >= 15 is 0 Å². The molecule has 140 valence electrons. The molecule has 11 nitrogen and oxygen atoms in total. The number of hydrogen-bond acceptors (Lipinski definition) is 8. The van der Waals surface area contributed by atoms with Crippen LogP contribution in [0.3, 0.4) is 0 Å². The molecule has 0 aliphatic heterocycles. The average Bonchev–Trinajstić information content (AvgIpc) is 2.56. The maximum Gasteiger partial charge on any atom is 0.322 e. The van der Waals surface area contributed by atoms with Crippen molar-refractivity contribution in [3.05, 3.63) is 0 Å². The van der Waals surface area contributed by atoms with Crippen molar-refractivity contribution in [1.29, 1.82) is 0 Å². The predicted octanol–water partition coefficient (Wildman–Crippen LogP) is -2.08. The van der Waals surface area contributed by atoms with E-state index in [9.17, 15) is 14.4 Å². The van der Waals surface area contributed by atoms with Gasteiger partial charge in [-0.05, 0) is 6.42 Å². The normalized spacial score (nSPS) is 11.4. The van der Waals surface area contributed by atoms with Crippen molar-refractivity contribution >= 4 is 18.1 Å². The van der Waals surface area contributed by atoms with E-state index in [1.165, 1.54) is 6.08 Å². The van der Waals surface area contributed by atoms with Crippen molar-refractivity contribution < 1.29 is 29.7 Å². The van der Waals surface area contributed by atoms with E-state index in [-0.39, 0.29) is 12.6 Å². The molecule has 11 heteroatoms. The Bertz CT molecular complexity index is 401. The summed E-state index contributed by atoms with van der Waals surface area (Å²) in [4.78, 5) is 34.9. The molecule has 0 fully saturated rings. The number of isocyanates is 1. The summed E-state index contributed by atoms with van der Waals surface area (Å²) in [6.07, 6.45) is 4.00. The highest BCUT2D eigenvalue weighted by Gasteiger charge is 2.20. The van der Waals surface area contributed by atoms with Gasteiger partial charge in [0.05, 0.1) is 31.4 Å². The number of aliphatic hydroxyl groups excluding tert-OH is 3. The second kappa shape index (κ2) is 14.5. The molecular formula is C13H27N5O6. The highest BCUT2D eigenvalue weighted by atomic mass is 16.3. The van der Waals surface area contributed by atoms with Gasteiger partial charge >= 0.3 is 12.1 Å². The zero-order valence-corrected chi connectivity index (χ0v) is 13.7. The third-order valence-electron chi connectivity index (χ3n) is 2.81. The summed E-state index contributed by atoms with van der Waals surface area (Å²) >= 11 is 0. The molecule has 0 rings (SSSR count). The molecule has 0 aromatic carbocycles. The predicted molar refractivity (Wildman–Crippen MR) is 85.7 cm³/mol. The Balaban J connectivity index is 0. The van der Waals surface area contributed by atoms with Gasteiger partial charge in [0, 0.05) is 6.54 Å². The zero-order chi connectivity index (χ0) is 19.0. The van der Waals surface area contributed by atoms with Crippen molar-refractivity contribution in [2.45, 2.75) is 37.8 Å². The summed E-state index contributed by atoms with van der Waals surface area (Å²) in [7, 11) is 0. The molecule has 1 unspecified atom stereocenters. The van der Waals surface area contributed by atoms with Gasteiger partial charge in [-0.25, -0.2) is 19.4 Å². The minimum atomic E-state index is -1.21. The zero-order valence-electron chi connectivity index (χ0n) is 13.7. The van der Waals surface area contributed by atoms with Crippen LogP contribution in [0.15, 0.2) is 4.99 Å². The van der Waals surface area contributed by atoms with Crippen LogP contribution < -0.4 is 22.1 Å². The molecule has 9 N–H and O–H groups in total. The lowest BCUT2D eigenvalue weighted by Gasteiger charge is -2.20. The number of nitrogens with two attached hydrogens (primary N) is 2. The number of nitrogens with one attached hydrogen (secondary N) is 2. The smallest absolute Gasteiger partial charge is 0.322 e. The summed E-state index contributed by atoms with van der Waals surface area (Å²) in [6.45, 7) is 0.975. The second-order valence-corrected chi connectivity index (χ2v) is 5.05. The van der Waals surface area contributed by atoms with Crippen LogP contribution in [0, 0.1) is 0 Å². The van der Waals surface area contributed by atoms with Gasteiger partial charge in [-0.3, -0.25) is 5.32 Å². The van der Waals surface area contributed by atoms with Crippen molar-refractivity contribution in [3.8, 4) is 0 Å². The summed E-state index contributed by atoms with van der Waals surface area (Å²) in [6, 6.07) is -1.94. The Labute approximate surface area is 140 Å². The van der Waals surface area contributed by atoms with Crippen molar-refractivity contribution in [2.75, 3.05) is 26.4 Å². The summed E-state index contributed by atoms with van der Waals surface area (Å²) in [5.74, 6) is 0. The van der Waals surface area contributed by atoms with Gasteiger partial charge in [-0.15, -0.1) is 0 Å². The van der Waals surface area contributed by atoms with Crippen LogP contribution in [0.5, 0.6) is 0 Å². The molecule has 0 aliphatic rings. The molecule has 24 heavy (non-hydrogen) atoms. The van der Waals surface area contributed by atoms with E-state index in [0.29, 0.717) is 6.42 Å². The number of aliphatic hydroxyl groups is 3. The van der Waals surface area contributed by atoms with Crippen LogP contribution in [0.2, 0.25) is 0 Å². The number of hydrogen-bond donors (Lipinski definition) is 7. The maximum atomic E-state index is 11.0. The molecule has 0 heterocycles. The van der Waals surface area contributed by atoms with Gasteiger partial charge in [0.1, 0.15) is 0 Å². The van der Waals surface area contributed by atoms with Gasteiger partial charge in [0.15, 0.2) is 0 Å². The first-order chi connectivity index (χ1) is 11.3. The van der Waals surface area contributed by atoms with Gasteiger partial charge in [-0.2, -0.15) is 0 Å². The third-order valence-corrected chi connectivity index (χ3v) is 2.81. The summed E-state index contributed by atoms with van der Waals surface area (Å²) in [5.41, 5.74) is 8.68. The van der Waals surface area contributed by atoms with Crippen LogP contribution in [-0.2, 0) is 4.79 Å². The number of urea groups is 2. The lowest BCUT2D eigenvalue weighted by atomic mass is 10.1. The second-order valence-electron chi connectivity index (χ2n) is 5.05. The fraction of sp³-hybridized carbons (Fsp3) is 0.769. The Morgan fingerprint density at radius 3 is 2.12 bits per heavy atom. The first kappa shape index (κ1) is 24.2. The molecule has 0 aliphatic carbocycles. The fourth-order valence-corrected chi connectivity index (χ4v) is 1.24. The van der Waals surface area contributed by atoms with Crippen LogP contribution in [0.4, 0.5) is 9.59 Å². The van der Waals surface area contributed by atoms with Crippen molar-refractivity contribution in [3.63, 3.8) is 0 Å². The fourth-order valence-electron chi connectivity index (χ4n) is 1.24. The molecule has 0 aromatic heterocycles. The van der Waals surface area contributed by atoms with Crippen molar-refractivity contribution in [2.24, 2.45) is 16.5 Å². The lowest BCUT2D eigenvalue weighted by molar-refractivity contribution is 0.0697. The molecular weight excluding hydrogens is 322 g/mol. The first-order valence-corrected chi connectivity index (χ1v) is 7.31. The first-order valence-electron chi connectivity index (χ1n) is 7.31. The Morgan fingerprint density at radius 1 is 1.25 bits per heavy atom. The Kier molecular flexibility index (Phi) is 14.7. The molecule has 0 saturated heterocycles. The van der Waals surface area contributed by atoms with Gasteiger partial charge in [-0.1, -0.05) is 19.8 Å². The van der Waals surface area contributed by atoms with E-state index in [2.05, 4.69) is 10.3 Å². The Morgan fingerprint density at radius 2 is 1.79 bits per heavy atom. The number of aliphatic imine (C=N–C) groups is 1. The van der Waals surface area contributed by atoms with Crippen LogP contribution in [0.25, 0.3) is 0 Å². The van der Waals surface area contributed by atoms with E-state index in [0.717, 1.165) is 12.8 Å². The lowest BCUT2D eigenvalue weighted by Crippen LogP contribution is -2.50. The largest absolute Gasteiger partial charge is 0.394 e. The molecule has 0 aromatic rings. The van der Waals surface area contributed by atoms with Crippen LogP contribution >= 0.6 is 0 Å². The van der Waals surface area contributed by atoms with E-state index in [1.54, 1.807) is 0 Å². The Hall–Kier alpha value is -2.04. The number of rotatable bonds is 9. The highest BCUT2D eigenvalue weighted by molar-refractivity contribution is 5.92. The SMILES string of the molecule is CCCCC(CNC(=O)NC(N)=O)N=C=O.NC(CO)(CO)CO. The van der Waals surface area contributed by atoms with E-state index in [4.69, 9.17) is 26.8 Å². The number of amides is 4. The molecule has 4 amide bonds. The molecule has 0 bridgehead atoms. The monoisotopic (exact) mass is 349 g/mol. The topological polar surface area (TPSA) is 200 Å². The minimum Gasteiger partial charge on any atom is -0.394 e. The van der Waals surface area contributed by atoms with Crippen LogP contribution in [0.1, 0.15) is 26.2 Å². The number of nitrogens with zero attached hydrogens (tertiary/aromatic N) is 1. The highest BCUT2D eigenvalue weighted by Crippen LogP contribution is 2.02. The summed E-state index contributed by atoms with van der Waals surface area (Å²) in [5, 5.41) is 29.3. The van der Waals surface area contributed by atoms with Gasteiger partial charge in [0.25, 0.3) is 0 Å². The van der Waals surface area contributed by atoms with Crippen molar-refractivity contribution in [1.82, 2.24) is 10.6 Å². The van der Waals surface area contributed by atoms with Crippen LogP contribution in [-0.4, -0.2) is 71.4 Å². The number of unbranched alkanes of at least 4 members (excludes halogenated alkanes) is 1. The molecule has 0 radical (unpaired) electrons. The number of carbonyl (C=O) groups is 2. The maximum absolute atomic E-state index is 11.0.